The van der Waals surface area contributed by atoms with Gasteiger partial charge in [0.05, 0.1) is 5.60 Å². The average molecular weight is 255 g/mol. The van der Waals surface area contributed by atoms with Crippen LogP contribution in [0.2, 0.25) is 0 Å². The van der Waals surface area contributed by atoms with Crippen LogP contribution in [0.5, 0.6) is 0 Å². The Balaban J connectivity index is 1.52. The van der Waals surface area contributed by atoms with E-state index in [0.29, 0.717) is 0 Å². The highest BCUT2D eigenvalue weighted by molar-refractivity contribution is 7.99. The van der Waals surface area contributed by atoms with Gasteiger partial charge in [-0.05, 0) is 55.9 Å². The number of hydrogen-bond acceptors (Lipinski definition) is 3. The third-order valence-corrected chi connectivity index (χ3v) is 5.73. The summed E-state index contributed by atoms with van der Waals surface area (Å²) in [5.74, 6) is 3.55. The normalized spacial score (nSPS) is 41.1. The van der Waals surface area contributed by atoms with Crippen molar-refractivity contribution >= 4 is 11.8 Å². The molecule has 3 aliphatic rings. The molecule has 3 fully saturated rings. The Labute approximate surface area is 109 Å². The summed E-state index contributed by atoms with van der Waals surface area (Å²) in [6, 6.07) is 1.53. The van der Waals surface area contributed by atoms with Crippen LogP contribution in [0, 0.1) is 5.92 Å². The van der Waals surface area contributed by atoms with Crippen molar-refractivity contribution in [3.05, 3.63) is 0 Å². The number of nitrogens with one attached hydrogen (secondary N) is 1. The van der Waals surface area contributed by atoms with Gasteiger partial charge in [0.15, 0.2) is 0 Å². The summed E-state index contributed by atoms with van der Waals surface area (Å²) in [6.45, 7) is 3.34. The molecule has 3 heteroatoms. The number of hydrogen-bond donors (Lipinski definition) is 1. The fraction of sp³-hybridized carbons (Fsp3) is 1.00. The van der Waals surface area contributed by atoms with Gasteiger partial charge in [-0.25, -0.2) is 0 Å². The summed E-state index contributed by atoms with van der Waals surface area (Å²) in [4.78, 5) is 0. The highest BCUT2D eigenvalue weighted by Crippen LogP contribution is 2.38. The smallest absolute Gasteiger partial charge is 0.0713 e. The lowest BCUT2D eigenvalue weighted by molar-refractivity contribution is -0.0955. The van der Waals surface area contributed by atoms with Crippen LogP contribution < -0.4 is 5.32 Å². The van der Waals surface area contributed by atoms with Gasteiger partial charge in [-0.1, -0.05) is 6.92 Å². The fourth-order valence-corrected chi connectivity index (χ4v) is 4.87. The van der Waals surface area contributed by atoms with E-state index in [4.69, 9.17) is 4.74 Å². The molecular weight excluding hydrogens is 230 g/mol. The van der Waals surface area contributed by atoms with E-state index in [1.54, 1.807) is 0 Å². The molecule has 2 aliphatic heterocycles. The van der Waals surface area contributed by atoms with Crippen LogP contribution in [-0.4, -0.2) is 35.8 Å². The SMILES string of the molecule is CC1CC(NC2CCOC3(CCSCC3)C2)C1. The molecule has 17 heavy (non-hydrogen) atoms. The molecule has 98 valence electrons. The molecule has 2 saturated heterocycles. The molecule has 0 aromatic rings. The second-order valence-electron chi connectivity index (χ2n) is 6.27. The Kier molecular flexibility index (Phi) is 3.69. The van der Waals surface area contributed by atoms with Crippen molar-refractivity contribution in [1.29, 1.82) is 0 Å². The third-order valence-electron chi connectivity index (χ3n) is 4.74. The maximum absolute atomic E-state index is 6.14. The van der Waals surface area contributed by atoms with Crippen molar-refractivity contribution in [2.75, 3.05) is 18.1 Å². The Bertz CT molecular complexity index is 253. The molecule has 1 atom stereocenters. The van der Waals surface area contributed by atoms with Gasteiger partial charge in [0.1, 0.15) is 0 Å². The van der Waals surface area contributed by atoms with Gasteiger partial charge in [0.25, 0.3) is 0 Å². The van der Waals surface area contributed by atoms with Crippen molar-refractivity contribution in [2.45, 2.75) is 63.1 Å². The van der Waals surface area contributed by atoms with E-state index < -0.39 is 0 Å². The molecule has 1 saturated carbocycles. The van der Waals surface area contributed by atoms with E-state index in [1.165, 1.54) is 50.0 Å². The molecule has 0 aromatic heterocycles. The average Bonchev–Trinajstić information content (AvgIpc) is 2.28. The predicted octanol–water partition coefficient (Wildman–Crippen LogP) is 2.82. The molecule has 2 nitrogen and oxygen atoms in total. The van der Waals surface area contributed by atoms with E-state index in [1.807, 2.05) is 0 Å². The molecular formula is C14H25NOS. The predicted molar refractivity (Wildman–Crippen MR) is 73.6 cm³/mol. The molecule has 0 radical (unpaired) electrons. The minimum atomic E-state index is 0.247. The van der Waals surface area contributed by atoms with Crippen molar-refractivity contribution in [2.24, 2.45) is 5.92 Å². The van der Waals surface area contributed by atoms with Crippen LogP contribution in [-0.2, 0) is 4.74 Å². The van der Waals surface area contributed by atoms with Crippen molar-refractivity contribution in [3.63, 3.8) is 0 Å². The monoisotopic (exact) mass is 255 g/mol. The first-order valence-electron chi connectivity index (χ1n) is 7.24. The molecule has 2 heterocycles. The maximum atomic E-state index is 6.14. The van der Waals surface area contributed by atoms with Gasteiger partial charge in [0.2, 0.25) is 0 Å². The molecule has 0 aromatic carbocycles. The van der Waals surface area contributed by atoms with Gasteiger partial charge in [-0.15, -0.1) is 0 Å². The molecule has 1 spiro atoms. The van der Waals surface area contributed by atoms with E-state index >= 15 is 0 Å². The quantitative estimate of drug-likeness (QED) is 0.820. The molecule has 1 N–H and O–H groups in total. The van der Waals surface area contributed by atoms with E-state index in [-0.39, 0.29) is 5.60 Å². The van der Waals surface area contributed by atoms with E-state index in [2.05, 4.69) is 24.0 Å². The Morgan fingerprint density at radius 1 is 1.18 bits per heavy atom. The summed E-state index contributed by atoms with van der Waals surface area (Å²) in [5.41, 5.74) is 0.247. The van der Waals surface area contributed by atoms with E-state index in [9.17, 15) is 0 Å². The first-order chi connectivity index (χ1) is 8.26. The number of thioether (sulfide) groups is 1. The minimum absolute atomic E-state index is 0.247. The van der Waals surface area contributed by atoms with Crippen LogP contribution in [0.4, 0.5) is 0 Å². The fourth-order valence-electron chi connectivity index (χ4n) is 3.63. The van der Waals surface area contributed by atoms with Crippen LogP contribution in [0.1, 0.15) is 45.4 Å². The summed E-state index contributed by atoms with van der Waals surface area (Å²) in [5, 5.41) is 3.87. The largest absolute Gasteiger partial charge is 0.375 e. The Hall–Kier alpha value is 0.270. The van der Waals surface area contributed by atoms with Crippen LogP contribution in [0.3, 0.4) is 0 Å². The molecule has 3 rings (SSSR count). The first-order valence-corrected chi connectivity index (χ1v) is 8.39. The third kappa shape index (κ3) is 2.82. The zero-order valence-corrected chi connectivity index (χ0v) is 11.7. The highest BCUT2D eigenvalue weighted by Gasteiger charge is 2.39. The van der Waals surface area contributed by atoms with Gasteiger partial charge in [-0.3, -0.25) is 0 Å². The van der Waals surface area contributed by atoms with Crippen molar-refractivity contribution in [1.82, 2.24) is 5.32 Å². The zero-order chi connectivity index (χ0) is 11.7. The van der Waals surface area contributed by atoms with Gasteiger partial charge >= 0.3 is 0 Å². The highest BCUT2D eigenvalue weighted by atomic mass is 32.2. The lowest BCUT2D eigenvalue weighted by atomic mass is 9.79. The number of rotatable bonds is 2. The number of ether oxygens (including phenoxy) is 1. The zero-order valence-electron chi connectivity index (χ0n) is 10.9. The van der Waals surface area contributed by atoms with Gasteiger partial charge in [0, 0.05) is 18.7 Å². The van der Waals surface area contributed by atoms with Gasteiger partial charge in [-0.2, -0.15) is 11.8 Å². The van der Waals surface area contributed by atoms with E-state index in [0.717, 1.165) is 24.6 Å². The summed E-state index contributed by atoms with van der Waals surface area (Å²) in [7, 11) is 0. The summed E-state index contributed by atoms with van der Waals surface area (Å²) < 4.78 is 6.14. The van der Waals surface area contributed by atoms with Crippen LogP contribution in [0.25, 0.3) is 0 Å². The van der Waals surface area contributed by atoms with Crippen molar-refractivity contribution in [3.8, 4) is 0 Å². The molecule has 1 unspecified atom stereocenters. The molecule has 1 aliphatic carbocycles. The molecule has 0 amide bonds. The Morgan fingerprint density at radius 2 is 1.94 bits per heavy atom. The van der Waals surface area contributed by atoms with Gasteiger partial charge < -0.3 is 10.1 Å². The lowest BCUT2D eigenvalue weighted by Gasteiger charge is -2.46. The van der Waals surface area contributed by atoms with Crippen LogP contribution >= 0.6 is 11.8 Å². The molecule has 0 bridgehead atoms. The maximum Gasteiger partial charge on any atom is 0.0713 e. The van der Waals surface area contributed by atoms with Crippen LogP contribution in [0.15, 0.2) is 0 Å². The summed E-state index contributed by atoms with van der Waals surface area (Å²) >= 11 is 2.09. The van der Waals surface area contributed by atoms with Crippen molar-refractivity contribution < 1.29 is 4.74 Å². The topological polar surface area (TPSA) is 21.3 Å². The minimum Gasteiger partial charge on any atom is -0.375 e. The Morgan fingerprint density at radius 3 is 2.65 bits per heavy atom. The standard InChI is InChI=1S/C14H25NOS/c1-11-8-13(9-11)15-12-2-5-16-14(10-12)3-6-17-7-4-14/h11-13,15H,2-10H2,1H3. The lowest BCUT2D eigenvalue weighted by Crippen LogP contribution is -2.53. The second-order valence-corrected chi connectivity index (χ2v) is 7.50. The summed E-state index contributed by atoms with van der Waals surface area (Å²) in [6.07, 6.45) is 7.81. The second kappa shape index (κ2) is 5.10. The first kappa shape index (κ1) is 12.3.